The van der Waals surface area contributed by atoms with E-state index >= 15 is 0 Å². The molecule has 4 aromatic carbocycles. The standard InChI is InChI=1S/C37H41N3O4/c1-44-33-15-8-14-30(22-33)25-38-26-35(41)34(23-28-12-6-3-7-13-28)39-37(43)31-20-29(18-17-27-10-4-2-5-11-27)21-32(24-31)40-19-9-16-36(40)42/h2-8,10-15,20-22,24,34-35,38,41H,9,16-19,23,25-26H2,1H3,(H,39,43)/t34-,35+/m0/s1. The summed E-state index contributed by atoms with van der Waals surface area (Å²) in [7, 11) is 1.64. The van der Waals surface area contributed by atoms with E-state index in [9.17, 15) is 14.7 Å². The molecule has 0 radical (unpaired) electrons. The van der Waals surface area contributed by atoms with Crippen molar-refractivity contribution in [2.45, 2.75) is 50.8 Å². The number of methoxy groups -OCH3 is 1. The van der Waals surface area contributed by atoms with E-state index in [2.05, 4.69) is 22.8 Å². The maximum Gasteiger partial charge on any atom is 0.251 e. The molecule has 1 fully saturated rings. The van der Waals surface area contributed by atoms with Gasteiger partial charge >= 0.3 is 0 Å². The smallest absolute Gasteiger partial charge is 0.251 e. The number of aliphatic hydroxyl groups is 1. The molecule has 4 aromatic rings. The van der Waals surface area contributed by atoms with Crippen molar-refractivity contribution < 1.29 is 19.4 Å². The number of amides is 2. The fourth-order valence-corrected chi connectivity index (χ4v) is 5.65. The summed E-state index contributed by atoms with van der Waals surface area (Å²) in [6, 6.07) is 33.1. The molecule has 0 unspecified atom stereocenters. The largest absolute Gasteiger partial charge is 0.497 e. The van der Waals surface area contributed by atoms with Crippen molar-refractivity contribution in [2.24, 2.45) is 0 Å². The highest BCUT2D eigenvalue weighted by Crippen LogP contribution is 2.25. The average Bonchev–Trinajstić information content (AvgIpc) is 3.50. The number of hydrogen-bond acceptors (Lipinski definition) is 5. The van der Waals surface area contributed by atoms with Crippen LogP contribution in [0.2, 0.25) is 0 Å². The molecule has 44 heavy (non-hydrogen) atoms. The van der Waals surface area contributed by atoms with Crippen molar-refractivity contribution >= 4 is 17.5 Å². The van der Waals surface area contributed by atoms with Crippen LogP contribution in [0, 0.1) is 0 Å². The summed E-state index contributed by atoms with van der Waals surface area (Å²) in [6.07, 6.45) is 2.52. The molecule has 0 spiro atoms. The molecule has 0 bridgehead atoms. The third-order valence-electron chi connectivity index (χ3n) is 8.07. The summed E-state index contributed by atoms with van der Waals surface area (Å²) in [5, 5.41) is 17.8. The number of benzene rings is 4. The van der Waals surface area contributed by atoms with Gasteiger partial charge in [0.15, 0.2) is 0 Å². The lowest BCUT2D eigenvalue weighted by Gasteiger charge is -2.25. The first-order valence-electron chi connectivity index (χ1n) is 15.3. The topological polar surface area (TPSA) is 90.9 Å². The third kappa shape index (κ3) is 8.56. The molecule has 0 saturated carbocycles. The Kier molecular flexibility index (Phi) is 10.8. The Morgan fingerprint density at radius 1 is 0.864 bits per heavy atom. The fraction of sp³-hybridized carbons (Fsp3) is 0.297. The van der Waals surface area contributed by atoms with E-state index in [1.807, 2.05) is 84.9 Å². The highest BCUT2D eigenvalue weighted by Gasteiger charge is 2.26. The number of ether oxygens (including phenoxy) is 1. The fourth-order valence-electron chi connectivity index (χ4n) is 5.65. The van der Waals surface area contributed by atoms with Gasteiger partial charge in [0, 0.05) is 37.3 Å². The predicted molar refractivity (Wildman–Crippen MR) is 174 cm³/mol. The van der Waals surface area contributed by atoms with Gasteiger partial charge in [-0.15, -0.1) is 0 Å². The van der Waals surface area contributed by atoms with Gasteiger partial charge in [-0.3, -0.25) is 9.59 Å². The molecule has 2 amide bonds. The van der Waals surface area contributed by atoms with E-state index in [4.69, 9.17) is 4.74 Å². The van der Waals surface area contributed by atoms with Gasteiger partial charge in [0.2, 0.25) is 5.91 Å². The molecule has 228 valence electrons. The van der Waals surface area contributed by atoms with E-state index < -0.39 is 12.1 Å². The van der Waals surface area contributed by atoms with Crippen LogP contribution in [0.25, 0.3) is 0 Å². The van der Waals surface area contributed by atoms with Crippen molar-refractivity contribution in [3.05, 3.63) is 131 Å². The van der Waals surface area contributed by atoms with Gasteiger partial charge in [-0.25, -0.2) is 0 Å². The minimum absolute atomic E-state index is 0.0797. The molecule has 1 heterocycles. The molecule has 1 aliphatic rings. The van der Waals surface area contributed by atoms with E-state index in [0.29, 0.717) is 38.0 Å². The van der Waals surface area contributed by atoms with E-state index in [1.165, 1.54) is 5.56 Å². The Labute approximate surface area is 259 Å². The number of nitrogens with one attached hydrogen (secondary N) is 2. The number of anilines is 1. The quantitative estimate of drug-likeness (QED) is 0.190. The lowest BCUT2D eigenvalue weighted by atomic mass is 9.98. The highest BCUT2D eigenvalue weighted by atomic mass is 16.5. The zero-order valence-electron chi connectivity index (χ0n) is 25.2. The number of hydrogen-bond donors (Lipinski definition) is 3. The molecular weight excluding hydrogens is 550 g/mol. The Morgan fingerprint density at radius 2 is 1.57 bits per heavy atom. The first kappa shape index (κ1) is 31.0. The summed E-state index contributed by atoms with van der Waals surface area (Å²) in [6.45, 7) is 1.49. The number of nitrogens with zero attached hydrogens (tertiary/aromatic N) is 1. The summed E-state index contributed by atoms with van der Waals surface area (Å²) in [5.41, 5.74) is 5.51. The molecule has 1 aliphatic heterocycles. The Hall–Kier alpha value is -4.46. The minimum Gasteiger partial charge on any atom is -0.497 e. The number of rotatable bonds is 14. The first-order chi connectivity index (χ1) is 21.5. The number of carbonyl (C=O) groups is 2. The Morgan fingerprint density at radius 3 is 2.27 bits per heavy atom. The van der Waals surface area contributed by atoms with Gasteiger partial charge in [0.1, 0.15) is 5.75 Å². The van der Waals surface area contributed by atoms with Crippen LogP contribution >= 0.6 is 0 Å². The Bertz CT molecular complexity index is 1530. The lowest BCUT2D eigenvalue weighted by molar-refractivity contribution is -0.117. The average molecular weight is 592 g/mol. The molecule has 2 atom stereocenters. The second-order valence-corrected chi connectivity index (χ2v) is 11.3. The van der Waals surface area contributed by atoms with Crippen LogP contribution in [0.1, 0.15) is 45.5 Å². The monoisotopic (exact) mass is 591 g/mol. The number of aryl methyl sites for hydroxylation is 2. The van der Waals surface area contributed by atoms with Crippen molar-refractivity contribution in [2.75, 3.05) is 25.1 Å². The van der Waals surface area contributed by atoms with Gasteiger partial charge in [0.05, 0.1) is 19.3 Å². The van der Waals surface area contributed by atoms with Crippen molar-refractivity contribution in [3.8, 4) is 5.75 Å². The SMILES string of the molecule is COc1cccc(CNC[C@@H](O)[C@H](Cc2ccccc2)NC(=O)c2cc(CCc3ccccc3)cc(N3CCCC3=O)c2)c1. The predicted octanol–water partition coefficient (Wildman–Crippen LogP) is 5.10. The van der Waals surface area contributed by atoms with Crippen LogP contribution < -0.4 is 20.3 Å². The first-order valence-corrected chi connectivity index (χ1v) is 15.3. The molecule has 1 saturated heterocycles. The molecule has 0 aliphatic carbocycles. The zero-order chi connectivity index (χ0) is 30.7. The molecule has 5 rings (SSSR count). The second-order valence-electron chi connectivity index (χ2n) is 11.3. The van der Waals surface area contributed by atoms with Crippen LogP contribution in [0.5, 0.6) is 5.75 Å². The van der Waals surface area contributed by atoms with Crippen LogP contribution in [-0.2, 0) is 30.6 Å². The minimum atomic E-state index is -0.842. The molecule has 0 aromatic heterocycles. The van der Waals surface area contributed by atoms with Gasteiger partial charge in [0.25, 0.3) is 5.91 Å². The van der Waals surface area contributed by atoms with E-state index in [-0.39, 0.29) is 11.8 Å². The molecule has 3 N–H and O–H groups in total. The van der Waals surface area contributed by atoms with Crippen molar-refractivity contribution in [1.29, 1.82) is 0 Å². The summed E-state index contributed by atoms with van der Waals surface area (Å²) in [5.74, 6) is 0.586. The van der Waals surface area contributed by atoms with Crippen LogP contribution in [0.3, 0.4) is 0 Å². The van der Waals surface area contributed by atoms with Crippen LogP contribution in [0.15, 0.2) is 103 Å². The third-order valence-corrected chi connectivity index (χ3v) is 8.07. The van der Waals surface area contributed by atoms with Gasteiger partial charge in [-0.2, -0.15) is 0 Å². The molecular formula is C37H41N3O4. The zero-order valence-corrected chi connectivity index (χ0v) is 25.2. The number of aliphatic hydroxyl groups excluding tert-OH is 1. The maximum atomic E-state index is 13.8. The van der Waals surface area contributed by atoms with Gasteiger partial charge < -0.3 is 25.4 Å². The molecule has 7 heteroatoms. The van der Waals surface area contributed by atoms with Gasteiger partial charge in [-0.1, -0.05) is 72.8 Å². The van der Waals surface area contributed by atoms with Crippen LogP contribution in [0.4, 0.5) is 5.69 Å². The van der Waals surface area contributed by atoms with Crippen LogP contribution in [-0.4, -0.2) is 49.3 Å². The summed E-state index contributed by atoms with van der Waals surface area (Å²) in [4.78, 5) is 28.2. The number of carbonyl (C=O) groups excluding carboxylic acids is 2. The van der Waals surface area contributed by atoms with E-state index in [1.54, 1.807) is 18.1 Å². The summed E-state index contributed by atoms with van der Waals surface area (Å²) < 4.78 is 5.32. The van der Waals surface area contributed by atoms with Crippen molar-refractivity contribution in [3.63, 3.8) is 0 Å². The summed E-state index contributed by atoms with van der Waals surface area (Å²) >= 11 is 0. The van der Waals surface area contributed by atoms with Crippen molar-refractivity contribution in [1.82, 2.24) is 10.6 Å². The maximum absolute atomic E-state index is 13.8. The normalized spacial score (nSPS) is 14.3. The lowest BCUT2D eigenvalue weighted by Crippen LogP contribution is -2.48. The van der Waals surface area contributed by atoms with Gasteiger partial charge in [-0.05, 0) is 78.3 Å². The molecule has 7 nitrogen and oxygen atoms in total. The second kappa shape index (κ2) is 15.3. The highest BCUT2D eigenvalue weighted by molar-refractivity contribution is 5.99. The Balaban J connectivity index is 1.33. The van der Waals surface area contributed by atoms with E-state index in [0.717, 1.165) is 47.4 Å².